The van der Waals surface area contributed by atoms with E-state index in [1.807, 2.05) is 18.2 Å². The van der Waals surface area contributed by atoms with Gasteiger partial charge in [0.25, 0.3) is 0 Å². The highest BCUT2D eigenvalue weighted by Gasteiger charge is 2.35. The van der Waals surface area contributed by atoms with Gasteiger partial charge >= 0.3 is 0 Å². The average Bonchev–Trinajstić information content (AvgIpc) is 3.12. The van der Waals surface area contributed by atoms with E-state index in [1.54, 1.807) is 24.9 Å². The standard InChI is InChI=1S/C15H14N2O2S/c1-9(18)14-13(17-7-6-16-15(17)20-14)11-3-2-4-12-10(11)5-8-19-12/h2-5,8-9,18H,6-7H2,1H3. The highest BCUT2D eigenvalue weighted by atomic mass is 32.2. The Morgan fingerprint density at radius 2 is 2.30 bits per heavy atom. The van der Waals surface area contributed by atoms with Crippen molar-refractivity contribution in [2.24, 2.45) is 4.99 Å². The summed E-state index contributed by atoms with van der Waals surface area (Å²) in [4.78, 5) is 7.68. The summed E-state index contributed by atoms with van der Waals surface area (Å²) in [7, 11) is 0. The molecule has 4 nitrogen and oxygen atoms in total. The zero-order valence-corrected chi connectivity index (χ0v) is 11.9. The normalized spacial score (nSPS) is 19.7. The van der Waals surface area contributed by atoms with Crippen LogP contribution in [0.5, 0.6) is 0 Å². The molecule has 5 heteroatoms. The first-order valence-corrected chi connectivity index (χ1v) is 7.46. The summed E-state index contributed by atoms with van der Waals surface area (Å²) in [5, 5.41) is 12.2. The molecule has 0 bridgehead atoms. The molecule has 0 fully saturated rings. The molecule has 3 heterocycles. The molecule has 1 aromatic heterocycles. The third-order valence-electron chi connectivity index (χ3n) is 3.64. The van der Waals surface area contributed by atoms with Crippen LogP contribution in [0, 0.1) is 0 Å². The molecule has 0 spiro atoms. The van der Waals surface area contributed by atoms with Crippen LogP contribution in [0.4, 0.5) is 0 Å². The maximum Gasteiger partial charge on any atom is 0.168 e. The second kappa shape index (κ2) is 4.40. The summed E-state index contributed by atoms with van der Waals surface area (Å²) in [5.74, 6) is 0. The number of amidine groups is 1. The second-order valence-corrected chi connectivity index (χ2v) is 5.95. The van der Waals surface area contributed by atoms with Gasteiger partial charge in [-0.2, -0.15) is 0 Å². The van der Waals surface area contributed by atoms with Crippen LogP contribution in [0.1, 0.15) is 12.5 Å². The minimum absolute atomic E-state index is 0.495. The van der Waals surface area contributed by atoms with Crippen molar-refractivity contribution in [3.8, 4) is 0 Å². The largest absolute Gasteiger partial charge is 0.464 e. The molecule has 1 aromatic carbocycles. The Balaban J connectivity index is 1.96. The van der Waals surface area contributed by atoms with Crippen molar-refractivity contribution >= 4 is 33.6 Å². The summed E-state index contributed by atoms with van der Waals surface area (Å²) in [6, 6.07) is 8.01. The molecule has 0 saturated carbocycles. The van der Waals surface area contributed by atoms with E-state index in [-0.39, 0.29) is 0 Å². The van der Waals surface area contributed by atoms with Crippen LogP contribution in [0.15, 0.2) is 44.8 Å². The number of rotatable bonds is 2. The number of fused-ring (bicyclic) bond motifs is 2. The molecule has 1 N–H and O–H groups in total. The molecule has 1 atom stereocenters. The van der Waals surface area contributed by atoms with Crippen molar-refractivity contribution in [3.05, 3.63) is 41.0 Å². The smallest absolute Gasteiger partial charge is 0.168 e. The lowest BCUT2D eigenvalue weighted by atomic mass is 10.0. The van der Waals surface area contributed by atoms with Gasteiger partial charge in [-0.25, -0.2) is 0 Å². The Bertz CT molecular complexity index is 745. The van der Waals surface area contributed by atoms with Gasteiger partial charge in [0.05, 0.1) is 24.6 Å². The van der Waals surface area contributed by atoms with Crippen molar-refractivity contribution in [2.75, 3.05) is 13.1 Å². The minimum Gasteiger partial charge on any atom is -0.464 e. The molecule has 2 aromatic rings. The minimum atomic E-state index is -0.495. The number of aliphatic imine (C=N–C) groups is 1. The SMILES string of the molecule is CC(O)C1=C(c2cccc3occc23)N2CCN=C2S1. The number of nitrogens with zero attached hydrogens (tertiary/aromatic N) is 2. The van der Waals surface area contributed by atoms with Gasteiger partial charge in [-0.05, 0) is 19.1 Å². The molecule has 0 saturated heterocycles. The molecule has 20 heavy (non-hydrogen) atoms. The Morgan fingerprint density at radius 1 is 1.40 bits per heavy atom. The Labute approximate surface area is 120 Å². The lowest BCUT2D eigenvalue weighted by Gasteiger charge is -2.18. The van der Waals surface area contributed by atoms with E-state index < -0.39 is 6.10 Å². The van der Waals surface area contributed by atoms with Crippen molar-refractivity contribution in [1.29, 1.82) is 0 Å². The fourth-order valence-corrected chi connectivity index (χ4v) is 3.90. The first kappa shape index (κ1) is 12.1. The molecule has 0 aliphatic carbocycles. The third-order valence-corrected chi connectivity index (χ3v) is 4.92. The van der Waals surface area contributed by atoms with Gasteiger partial charge in [0.2, 0.25) is 0 Å². The molecule has 2 aliphatic rings. The van der Waals surface area contributed by atoms with Crippen LogP contribution in [0.3, 0.4) is 0 Å². The van der Waals surface area contributed by atoms with Gasteiger partial charge in [0.1, 0.15) is 5.58 Å². The Kier molecular flexibility index (Phi) is 2.65. The number of hydrogen-bond acceptors (Lipinski definition) is 5. The average molecular weight is 286 g/mol. The van der Waals surface area contributed by atoms with Gasteiger partial charge in [0.15, 0.2) is 5.17 Å². The van der Waals surface area contributed by atoms with Gasteiger partial charge < -0.3 is 14.4 Å². The Morgan fingerprint density at radius 3 is 3.15 bits per heavy atom. The molecular weight excluding hydrogens is 272 g/mol. The van der Waals surface area contributed by atoms with Crippen molar-refractivity contribution in [1.82, 2.24) is 4.90 Å². The lowest BCUT2D eigenvalue weighted by Crippen LogP contribution is -2.20. The number of hydrogen-bond donors (Lipinski definition) is 1. The summed E-state index contributed by atoms with van der Waals surface area (Å²) in [5.41, 5.74) is 3.05. The molecule has 102 valence electrons. The zero-order valence-electron chi connectivity index (χ0n) is 11.0. The van der Waals surface area contributed by atoms with Crippen LogP contribution in [0.2, 0.25) is 0 Å². The van der Waals surface area contributed by atoms with Crippen molar-refractivity contribution in [3.63, 3.8) is 0 Å². The fourth-order valence-electron chi connectivity index (χ4n) is 2.76. The number of aliphatic hydroxyl groups excluding tert-OH is 1. The van der Waals surface area contributed by atoms with E-state index in [4.69, 9.17) is 4.42 Å². The Hall–Kier alpha value is -1.72. The van der Waals surface area contributed by atoms with Crippen LogP contribution in [0.25, 0.3) is 16.7 Å². The predicted molar refractivity (Wildman–Crippen MR) is 81.4 cm³/mol. The molecule has 4 rings (SSSR count). The molecule has 0 radical (unpaired) electrons. The van der Waals surface area contributed by atoms with Gasteiger partial charge in [-0.1, -0.05) is 23.9 Å². The number of aliphatic hydroxyl groups is 1. The van der Waals surface area contributed by atoms with Crippen molar-refractivity contribution < 1.29 is 9.52 Å². The number of benzene rings is 1. The van der Waals surface area contributed by atoms with E-state index in [2.05, 4.69) is 16.0 Å². The molecule has 1 unspecified atom stereocenters. The van der Waals surface area contributed by atoms with Crippen molar-refractivity contribution in [2.45, 2.75) is 13.0 Å². The van der Waals surface area contributed by atoms with Crippen LogP contribution in [-0.2, 0) is 0 Å². The van der Waals surface area contributed by atoms with Gasteiger partial charge in [-0.3, -0.25) is 4.99 Å². The zero-order chi connectivity index (χ0) is 13.7. The molecular formula is C15H14N2O2S. The maximum absolute atomic E-state index is 10.1. The number of thioether (sulfide) groups is 1. The maximum atomic E-state index is 10.1. The van der Waals surface area contributed by atoms with Crippen LogP contribution < -0.4 is 0 Å². The van der Waals surface area contributed by atoms with Gasteiger partial charge in [-0.15, -0.1) is 0 Å². The predicted octanol–water partition coefficient (Wildman–Crippen LogP) is 2.90. The lowest BCUT2D eigenvalue weighted by molar-refractivity contribution is 0.240. The highest BCUT2D eigenvalue weighted by Crippen LogP contribution is 2.44. The van der Waals surface area contributed by atoms with E-state index in [0.717, 1.165) is 45.4 Å². The second-order valence-electron chi connectivity index (χ2n) is 4.94. The first-order valence-electron chi connectivity index (χ1n) is 6.64. The number of furan rings is 1. The first-order chi connectivity index (χ1) is 9.75. The van der Waals surface area contributed by atoms with E-state index in [9.17, 15) is 5.11 Å². The quantitative estimate of drug-likeness (QED) is 0.922. The van der Waals surface area contributed by atoms with Crippen LogP contribution in [-0.4, -0.2) is 34.4 Å². The van der Waals surface area contributed by atoms with Gasteiger partial charge in [0, 0.05) is 22.4 Å². The van der Waals surface area contributed by atoms with E-state index in [1.165, 1.54) is 0 Å². The summed E-state index contributed by atoms with van der Waals surface area (Å²) >= 11 is 1.58. The summed E-state index contributed by atoms with van der Waals surface area (Å²) < 4.78 is 5.48. The summed E-state index contributed by atoms with van der Waals surface area (Å²) in [6.07, 6.45) is 1.21. The fraction of sp³-hybridized carbons (Fsp3) is 0.267. The van der Waals surface area contributed by atoms with Crippen LogP contribution >= 0.6 is 11.8 Å². The third kappa shape index (κ3) is 1.63. The van der Waals surface area contributed by atoms with E-state index in [0.29, 0.717) is 0 Å². The van der Waals surface area contributed by atoms with E-state index >= 15 is 0 Å². The topological polar surface area (TPSA) is 49.0 Å². The monoisotopic (exact) mass is 286 g/mol. The highest BCUT2D eigenvalue weighted by molar-refractivity contribution is 8.17. The molecule has 2 aliphatic heterocycles. The molecule has 0 amide bonds. The summed E-state index contributed by atoms with van der Waals surface area (Å²) in [6.45, 7) is 3.50.